The molecule has 1 N–H and O–H groups in total. The minimum atomic E-state index is -0.279. The summed E-state index contributed by atoms with van der Waals surface area (Å²) >= 11 is 0. The lowest BCUT2D eigenvalue weighted by Crippen LogP contribution is -2.05. The number of halogens is 1. The molecule has 1 aromatic carbocycles. The van der Waals surface area contributed by atoms with Gasteiger partial charge in [0, 0.05) is 5.69 Å². The molecule has 19 heavy (non-hydrogen) atoms. The summed E-state index contributed by atoms with van der Waals surface area (Å²) < 4.78 is 14.7. The normalized spacial score (nSPS) is 11.6. The van der Waals surface area contributed by atoms with Crippen LogP contribution in [0.15, 0.2) is 35.5 Å². The summed E-state index contributed by atoms with van der Waals surface area (Å²) in [5.74, 6) is 0.188. The predicted octanol–water partition coefficient (Wildman–Crippen LogP) is 3.02. The molecule has 0 spiro atoms. The molecule has 0 saturated carbocycles. The molecule has 0 atom stereocenters. The van der Waals surface area contributed by atoms with Gasteiger partial charge in [-0.2, -0.15) is 5.10 Å². The van der Waals surface area contributed by atoms with Crippen molar-refractivity contribution < 1.29 is 9.60 Å². The molecule has 100 valence electrons. The van der Waals surface area contributed by atoms with Gasteiger partial charge in [0.1, 0.15) is 11.5 Å². The highest BCUT2D eigenvalue weighted by atomic mass is 19.1. The van der Waals surface area contributed by atoms with Gasteiger partial charge in [0.2, 0.25) is 0 Å². The van der Waals surface area contributed by atoms with Crippen molar-refractivity contribution in [2.24, 2.45) is 11.1 Å². The summed E-state index contributed by atoms with van der Waals surface area (Å²) in [5.41, 5.74) is 2.36. The average Bonchev–Trinajstić information content (AvgIpc) is 2.72. The molecule has 0 aliphatic carbocycles. The van der Waals surface area contributed by atoms with Crippen molar-refractivity contribution in [3.05, 3.63) is 47.5 Å². The van der Waals surface area contributed by atoms with Gasteiger partial charge >= 0.3 is 0 Å². The molecule has 4 nitrogen and oxygen atoms in total. The summed E-state index contributed by atoms with van der Waals surface area (Å²) in [5, 5.41) is 15.9. The Labute approximate surface area is 111 Å². The number of benzene rings is 1. The molecule has 2 rings (SSSR count). The van der Waals surface area contributed by atoms with Gasteiger partial charge in [0.05, 0.1) is 11.9 Å². The van der Waals surface area contributed by atoms with E-state index in [9.17, 15) is 4.39 Å². The van der Waals surface area contributed by atoms with Crippen LogP contribution in [-0.2, 0) is 6.42 Å². The molecule has 0 fully saturated rings. The Kier molecular flexibility index (Phi) is 3.94. The second-order valence-electron chi connectivity index (χ2n) is 4.79. The van der Waals surface area contributed by atoms with Gasteiger partial charge in [-0.05, 0) is 42.7 Å². The third-order valence-electron chi connectivity index (χ3n) is 2.68. The molecule has 0 radical (unpaired) electrons. The van der Waals surface area contributed by atoms with Gasteiger partial charge in [-0.15, -0.1) is 0 Å². The van der Waals surface area contributed by atoms with Gasteiger partial charge in [-0.1, -0.05) is 19.0 Å². The first kappa shape index (κ1) is 13.3. The highest BCUT2D eigenvalue weighted by Crippen LogP contribution is 2.16. The number of aromatic nitrogens is 2. The van der Waals surface area contributed by atoms with Crippen LogP contribution in [0.5, 0.6) is 0 Å². The lowest BCUT2D eigenvalue weighted by Gasteiger charge is -2.09. The first-order valence-electron chi connectivity index (χ1n) is 6.12. The van der Waals surface area contributed by atoms with Gasteiger partial charge in [0.25, 0.3) is 0 Å². The van der Waals surface area contributed by atoms with Crippen LogP contribution in [0.2, 0.25) is 0 Å². The maximum absolute atomic E-state index is 13.0. The van der Waals surface area contributed by atoms with Crippen molar-refractivity contribution in [3.63, 3.8) is 0 Å². The van der Waals surface area contributed by atoms with Crippen LogP contribution in [0.4, 0.5) is 4.39 Å². The standard InChI is InChI=1S/C14H16FN3O/c1-10(2)7-14-8-12(9-16-19)17-18(14)13-5-3-11(15)4-6-13/h3-6,8-10,19H,7H2,1-2H3/b16-9+. The molecule has 0 saturated heterocycles. The smallest absolute Gasteiger partial charge is 0.123 e. The fourth-order valence-corrected chi connectivity index (χ4v) is 1.93. The predicted molar refractivity (Wildman–Crippen MR) is 71.4 cm³/mol. The Balaban J connectivity index is 2.44. The van der Waals surface area contributed by atoms with Crippen molar-refractivity contribution in [1.82, 2.24) is 9.78 Å². The lowest BCUT2D eigenvalue weighted by molar-refractivity contribution is 0.321. The van der Waals surface area contributed by atoms with E-state index in [1.807, 2.05) is 6.07 Å². The Morgan fingerprint density at radius 2 is 2.05 bits per heavy atom. The fourth-order valence-electron chi connectivity index (χ4n) is 1.93. The summed E-state index contributed by atoms with van der Waals surface area (Å²) in [7, 11) is 0. The first-order chi connectivity index (χ1) is 9.10. The number of oxime groups is 1. The molecule has 1 heterocycles. The van der Waals surface area contributed by atoms with E-state index >= 15 is 0 Å². The third kappa shape index (κ3) is 3.19. The summed E-state index contributed by atoms with van der Waals surface area (Å²) in [6, 6.07) is 8.01. The zero-order valence-electron chi connectivity index (χ0n) is 10.9. The van der Waals surface area contributed by atoms with E-state index in [4.69, 9.17) is 5.21 Å². The molecule has 0 unspecified atom stereocenters. The first-order valence-corrected chi connectivity index (χ1v) is 6.12. The van der Waals surface area contributed by atoms with E-state index in [2.05, 4.69) is 24.1 Å². The quantitative estimate of drug-likeness (QED) is 0.522. The Hall–Kier alpha value is -2.17. The minimum absolute atomic E-state index is 0.279. The van der Waals surface area contributed by atoms with Crippen molar-refractivity contribution in [1.29, 1.82) is 0 Å². The topological polar surface area (TPSA) is 50.4 Å². The monoisotopic (exact) mass is 261 g/mol. The number of hydrogen-bond donors (Lipinski definition) is 1. The van der Waals surface area contributed by atoms with Gasteiger partial charge in [-0.25, -0.2) is 9.07 Å². The number of nitrogens with zero attached hydrogens (tertiary/aromatic N) is 3. The van der Waals surface area contributed by atoms with Gasteiger partial charge in [-0.3, -0.25) is 0 Å². The zero-order chi connectivity index (χ0) is 13.8. The van der Waals surface area contributed by atoms with Crippen LogP contribution in [0.25, 0.3) is 5.69 Å². The van der Waals surface area contributed by atoms with Crippen LogP contribution in [0.3, 0.4) is 0 Å². The molecule has 0 aliphatic rings. The third-order valence-corrected chi connectivity index (χ3v) is 2.68. The molecule has 2 aromatic rings. The Morgan fingerprint density at radius 1 is 1.37 bits per heavy atom. The molecule has 1 aromatic heterocycles. The second kappa shape index (κ2) is 5.65. The zero-order valence-corrected chi connectivity index (χ0v) is 10.9. The fraction of sp³-hybridized carbons (Fsp3) is 0.286. The van der Waals surface area contributed by atoms with Crippen LogP contribution < -0.4 is 0 Å². The minimum Gasteiger partial charge on any atom is -0.411 e. The Bertz CT molecular complexity index is 573. The summed E-state index contributed by atoms with van der Waals surface area (Å²) in [6.45, 7) is 4.23. The van der Waals surface area contributed by atoms with Crippen molar-refractivity contribution >= 4 is 6.21 Å². The SMILES string of the molecule is CC(C)Cc1cc(/C=N/O)nn1-c1ccc(F)cc1. The van der Waals surface area contributed by atoms with Gasteiger partial charge in [0.15, 0.2) is 0 Å². The van der Waals surface area contributed by atoms with E-state index < -0.39 is 0 Å². The molecule has 0 amide bonds. The van der Waals surface area contributed by atoms with Gasteiger partial charge < -0.3 is 5.21 Å². The second-order valence-corrected chi connectivity index (χ2v) is 4.79. The Morgan fingerprint density at radius 3 is 2.63 bits per heavy atom. The van der Waals surface area contributed by atoms with Crippen LogP contribution in [0, 0.1) is 11.7 Å². The molecular weight excluding hydrogens is 245 g/mol. The summed E-state index contributed by atoms with van der Waals surface area (Å²) in [6.07, 6.45) is 2.12. The number of rotatable bonds is 4. The van der Waals surface area contributed by atoms with E-state index in [1.54, 1.807) is 16.8 Å². The van der Waals surface area contributed by atoms with Crippen LogP contribution in [-0.4, -0.2) is 21.2 Å². The maximum atomic E-state index is 13.0. The molecular formula is C14H16FN3O. The molecule has 5 heteroatoms. The van der Waals surface area contributed by atoms with E-state index in [1.165, 1.54) is 18.3 Å². The summed E-state index contributed by atoms with van der Waals surface area (Å²) in [4.78, 5) is 0. The van der Waals surface area contributed by atoms with Crippen molar-refractivity contribution in [2.75, 3.05) is 0 Å². The van der Waals surface area contributed by atoms with Crippen LogP contribution >= 0.6 is 0 Å². The highest BCUT2D eigenvalue weighted by molar-refractivity contribution is 5.76. The van der Waals surface area contributed by atoms with Crippen LogP contribution in [0.1, 0.15) is 25.2 Å². The maximum Gasteiger partial charge on any atom is 0.123 e. The van der Waals surface area contributed by atoms with E-state index in [0.29, 0.717) is 11.6 Å². The molecule has 0 bridgehead atoms. The van der Waals surface area contributed by atoms with Crippen molar-refractivity contribution in [2.45, 2.75) is 20.3 Å². The van der Waals surface area contributed by atoms with Crippen molar-refractivity contribution in [3.8, 4) is 5.69 Å². The number of hydrogen-bond acceptors (Lipinski definition) is 3. The molecule has 0 aliphatic heterocycles. The van der Waals surface area contributed by atoms with E-state index in [0.717, 1.165) is 17.8 Å². The average molecular weight is 261 g/mol. The lowest BCUT2D eigenvalue weighted by atomic mass is 10.1. The highest BCUT2D eigenvalue weighted by Gasteiger charge is 2.10. The van der Waals surface area contributed by atoms with E-state index in [-0.39, 0.29) is 5.82 Å². The largest absolute Gasteiger partial charge is 0.411 e.